The average molecular weight is 310 g/mol. The largest absolute Gasteiger partial charge is 0.401 e. The maximum absolute atomic E-state index is 12.7. The monoisotopic (exact) mass is 310 g/mol. The zero-order valence-corrected chi connectivity index (χ0v) is 12.3. The summed E-state index contributed by atoms with van der Waals surface area (Å²) in [6.07, 6.45) is -0.187. The van der Waals surface area contributed by atoms with E-state index in [9.17, 15) is 13.2 Å². The molecule has 2 fully saturated rings. The minimum atomic E-state index is -4.24. The van der Waals surface area contributed by atoms with Gasteiger partial charge in [0.15, 0.2) is 0 Å². The third kappa shape index (κ3) is 6.10. The first-order valence-electron chi connectivity index (χ1n) is 7.64. The lowest BCUT2D eigenvalue weighted by Gasteiger charge is -2.41. The van der Waals surface area contributed by atoms with E-state index in [2.05, 4.69) is 5.32 Å². The van der Waals surface area contributed by atoms with Crippen molar-refractivity contribution in [1.29, 1.82) is 0 Å². The minimum absolute atomic E-state index is 0.0463. The predicted molar refractivity (Wildman–Crippen MR) is 73.1 cm³/mol. The van der Waals surface area contributed by atoms with Crippen molar-refractivity contribution in [2.24, 2.45) is 5.41 Å². The van der Waals surface area contributed by atoms with E-state index in [1.54, 1.807) is 0 Å². The van der Waals surface area contributed by atoms with Gasteiger partial charge in [0.05, 0.1) is 19.8 Å². The van der Waals surface area contributed by atoms with Gasteiger partial charge in [0.2, 0.25) is 0 Å². The van der Waals surface area contributed by atoms with Crippen LogP contribution in [0.15, 0.2) is 0 Å². The molecule has 0 amide bonds. The number of nitrogens with zero attached hydrogens (tertiary/aromatic N) is 1. The predicted octanol–water partition coefficient (Wildman–Crippen LogP) is 1.39. The molecule has 1 aliphatic heterocycles. The van der Waals surface area contributed by atoms with Gasteiger partial charge >= 0.3 is 6.18 Å². The first kappa shape index (κ1) is 17.0. The molecule has 0 aromatic rings. The highest BCUT2D eigenvalue weighted by atomic mass is 19.4. The van der Waals surface area contributed by atoms with Crippen LogP contribution in [0.5, 0.6) is 0 Å². The van der Waals surface area contributed by atoms with Crippen molar-refractivity contribution in [3.05, 3.63) is 0 Å². The second-order valence-corrected chi connectivity index (χ2v) is 6.36. The van der Waals surface area contributed by atoms with Crippen LogP contribution in [-0.4, -0.2) is 68.2 Å². The van der Waals surface area contributed by atoms with Gasteiger partial charge in [-0.3, -0.25) is 4.90 Å². The number of ether oxygens (including phenoxy) is 1. The quantitative estimate of drug-likeness (QED) is 0.711. The molecule has 4 nitrogen and oxygen atoms in total. The Kier molecular flexibility index (Phi) is 5.88. The molecule has 0 aromatic heterocycles. The average Bonchev–Trinajstić information content (AvgIpc) is 3.20. The van der Waals surface area contributed by atoms with Crippen LogP contribution in [0.4, 0.5) is 13.2 Å². The summed E-state index contributed by atoms with van der Waals surface area (Å²) < 4.78 is 43.5. The summed E-state index contributed by atoms with van der Waals surface area (Å²) in [4.78, 5) is 1.31. The van der Waals surface area contributed by atoms with Crippen molar-refractivity contribution < 1.29 is 23.0 Å². The van der Waals surface area contributed by atoms with Crippen LogP contribution in [0, 0.1) is 5.41 Å². The van der Waals surface area contributed by atoms with Crippen molar-refractivity contribution in [3.8, 4) is 0 Å². The van der Waals surface area contributed by atoms with Crippen LogP contribution in [0.25, 0.3) is 0 Å². The fourth-order valence-electron chi connectivity index (χ4n) is 2.96. The number of alkyl halides is 3. The Labute approximate surface area is 123 Å². The van der Waals surface area contributed by atoms with Gasteiger partial charge in [0.25, 0.3) is 0 Å². The molecule has 0 bridgehead atoms. The van der Waals surface area contributed by atoms with Crippen LogP contribution in [0.2, 0.25) is 0 Å². The first-order valence-corrected chi connectivity index (χ1v) is 7.64. The Morgan fingerprint density at radius 3 is 2.62 bits per heavy atom. The number of nitrogens with one attached hydrogen (secondary N) is 1. The maximum atomic E-state index is 12.7. The molecule has 0 radical (unpaired) electrons. The van der Waals surface area contributed by atoms with E-state index in [1.807, 2.05) is 0 Å². The zero-order chi connectivity index (χ0) is 15.3. The fourth-order valence-corrected chi connectivity index (χ4v) is 2.96. The molecule has 2 aliphatic rings. The van der Waals surface area contributed by atoms with Crippen LogP contribution in [-0.2, 0) is 4.74 Å². The van der Waals surface area contributed by atoms with Gasteiger partial charge in [-0.15, -0.1) is 0 Å². The van der Waals surface area contributed by atoms with Crippen LogP contribution in [0.3, 0.4) is 0 Å². The third-order valence-corrected chi connectivity index (χ3v) is 4.13. The van der Waals surface area contributed by atoms with Crippen LogP contribution >= 0.6 is 0 Å². The lowest BCUT2D eigenvalue weighted by molar-refractivity contribution is -0.153. The lowest BCUT2D eigenvalue weighted by atomic mass is 9.81. The number of halogens is 3. The van der Waals surface area contributed by atoms with Crippen molar-refractivity contribution in [1.82, 2.24) is 10.2 Å². The maximum Gasteiger partial charge on any atom is 0.401 e. The van der Waals surface area contributed by atoms with E-state index >= 15 is 0 Å². The summed E-state index contributed by atoms with van der Waals surface area (Å²) in [5.41, 5.74) is -0.277. The Balaban J connectivity index is 1.95. The molecule has 2 N–H and O–H groups in total. The van der Waals surface area contributed by atoms with Gasteiger partial charge in [-0.1, -0.05) is 0 Å². The molecule has 124 valence electrons. The van der Waals surface area contributed by atoms with Crippen molar-refractivity contribution >= 4 is 0 Å². The Morgan fingerprint density at radius 2 is 2.10 bits per heavy atom. The van der Waals surface area contributed by atoms with Gasteiger partial charge < -0.3 is 15.2 Å². The molecule has 21 heavy (non-hydrogen) atoms. The van der Waals surface area contributed by atoms with E-state index in [4.69, 9.17) is 9.84 Å². The topological polar surface area (TPSA) is 44.7 Å². The Morgan fingerprint density at radius 1 is 1.33 bits per heavy atom. The van der Waals surface area contributed by atoms with Gasteiger partial charge in [0.1, 0.15) is 0 Å². The summed E-state index contributed by atoms with van der Waals surface area (Å²) >= 11 is 0. The van der Waals surface area contributed by atoms with E-state index in [0.29, 0.717) is 32.3 Å². The fraction of sp³-hybridized carbons (Fsp3) is 1.00. The van der Waals surface area contributed by atoms with Gasteiger partial charge in [-0.2, -0.15) is 13.2 Å². The molecule has 0 aromatic carbocycles. The highest BCUT2D eigenvalue weighted by molar-refractivity contribution is 4.91. The van der Waals surface area contributed by atoms with Gasteiger partial charge in [-0.25, -0.2) is 0 Å². The van der Waals surface area contributed by atoms with Gasteiger partial charge in [0, 0.05) is 37.7 Å². The highest BCUT2D eigenvalue weighted by Crippen LogP contribution is 2.32. The molecule has 2 rings (SSSR count). The SMILES string of the molecule is OCCN(CC(F)(F)F)CC1(CNC2CC2)CCCOC1. The molecule has 0 spiro atoms. The second-order valence-electron chi connectivity index (χ2n) is 6.36. The molecule has 1 heterocycles. The number of hydrogen-bond donors (Lipinski definition) is 2. The molecule has 1 atom stereocenters. The zero-order valence-electron chi connectivity index (χ0n) is 12.3. The normalized spacial score (nSPS) is 27.3. The van der Waals surface area contributed by atoms with Crippen molar-refractivity contribution in [2.75, 3.05) is 46.0 Å². The van der Waals surface area contributed by atoms with Gasteiger partial charge in [-0.05, 0) is 25.7 Å². The molecule has 1 saturated heterocycles. The number of rotatable bonds is 8. The van der Waals surface area contributed by atoms with Crippen molar-refractivity contribution in [3.63, 3.8) is 0 Å². The Hall–Kier alpha value is -0.370. The summed E-state index contributed by atoms with van der Waals surface area (Å²) in [6, 6.07) is 0.526. The molecule has 1 unspecified atom stereocenters. The highest BCUT2D eigenvalue weighted by Gasteiger charge is 2.39. The molecular formula is C14H25F3N2O2. The van der Waals surface area contributed by atoms with E-state index in [0.717, 1.165) is 25.7 Å². The standard InChI is InChI=1S/C14H25F3N2O2/c15-14(16,17)10-19(5-6-20)9-13(4-1-7-21-11-13)8-18-12-2-3-12/h12,18,20H,1-11H2. The van der Waals surface area contributed by atoms with E-state index < -0.39 is 12.7 Å². The smallest absolute Gasteiger partial charge is 0.395 e. The van der Waals surface area contributed by atoms with E-state index in [1.165, 1.54) is 4.90 Å². The lowest BCUT2D eigenvalue weighted by Crippen LogP contribution is -2.51. The molecular weight excluding hydrogens is 285 g/mol. The number of hydrogen-bond acceptors (Lipinski definition) is 4. The summed E-state index contributed by atoms with van der Waals surface area (Å²) in [7, 11) is 0. The van der Waals surface area contributed by atoms with Crippen LogP contribution < -0.4 is 5.32 Å². The van der Waals surface area contributed by atoms with Crippen molar-refractivity contribution in [2.45, 2.75) is 37.9 Å². The van der Waals surface area contributed by atoms with Crippen LogP contribution in [0.1, 0.15) is 25.7 Å². The minimum Gasteiger partial charge on any atom is -0.395 e. The third-order valence-electron chi connectivity index (χ3n) is 4.13. The summed E-state index contributed by atoms with van der Waals surface area (Å²) in [6.45, 7) is 0.994. The number of aliphatic hydroxyl groups is 1. The Bertz CT molecular complexity index is 316. The first-order chi connectivity index (χ1) is 9.92. The molecule has 7 heteroatoms. The summed E-state index contributed by atoms with van der Waals surface area (Å²) in [5.74, 6) is 0. The second kappa shape index (κ2) is 7.26. The number of aliphatic hydroxyl groups excluding tert-OH is 1. The molecule has 1 saturated carbocycles. The van der Waals surface area contributed by atoms with E-state index in [-0.39, 0.29) is 18.6 Å². The summed E-state index contributed by atoms with van der Waals surface area (Å²) in [5, 5.41) is 12.4. The molecule has 1 aliphatic carbocycles.